The van der Waals surface area contributed by atoms with Crippen molar-refractivity contribution in [1.29, 1.82) is 0 Å². The lowest BCUT2D eigenvalue weighted by Crippen LogP contribution is -2.31. The Labute approximate surface area is 146 Å². The van der Waals surface area contributed by atoms with Crippen LogP contribution in [0.4, 0.5) is 0 Å². The number of nitrogens with one attached hydrogen (secondary N) is 2. The first-order valence-electron chi connectivity index (χ1n) is 7.94. The maximum atomic E-state index is 11.7. The first-order chi connectivity index (χ1) is 11.8. The molecule has 5 nitrogen and oxygen atoms in total. The third kappa shape index (κ3) is 6.93. The Balaban J connectivity index is 1.46. The van der Waals surface area contributed by atoms with Gasteiger partial charge in [0.15, 0.2) is 0 Å². The van der Waals surface area contributed by atoms with E-state index in [0.717, 1.165) is 12.0 Å². The summed E-state index contributed by atoms with van der Waals surface area (Å²) in [6.45, 7) is 2.10. The van der Waals surface area contributed by atoms with Gasteiger partial charge >= 0.3 is 0 Å². The molecule has 0 fully saturated rings. The molecule has 1 aromatic carbocycles. The van der Waals surface area contributed by atoms with E-state index in [9.17, 15) is 9.59 Å². The maximum Gasteiger partial charge on any atom is 0.252 e. The normalized spacial score (nSPS) is 10.3. The summed E-state index contributed by atoms with van der Waals surface area (Å²) in [5.74, 6) is -0.206. The van der Waals surface area contributed by atoms with Crippen molar-refractivity contribution < 1.29 is 14.3 Å². The minimum Gasteiger partial charge on any atom is -0.377 e. The number of carbonyl (C=O) groups is 2. The standard InChI is InChI=1S/C18H22N2O3S/c21-17(7-10-20-18(22)16-8-12-24-14-16)19-9-4-11-23-13-15-5-2-1-3-6-15/h1-3,5-6,8,12,14H,4,7,9-11,13H2,(H,19,21)(H,20,22). The molecule has 0 aliphatic rings. The summed E-state index contributed by atoms with van der Waals surface area (Å²) in [6.07, 6.45) is 1.04. The number of ether oxygens (including phenoxy) is 1. The molecule has 0 aliphatic carbocycles. The number of hydrogen-bond donors (Lipinski definition) is 2. The number of benzene rings is 1. The Morgan fingerprint density at radius 2 is 1.88 bits per heavy atom. The van der Waals surface area contributed by atoms with Gasteiger partial charge in [-0.25, -0.2) is 0 Å². The van der Waals surface area contributed by atoms with E-state index >= 15 is 0 Å². The highest BCUT2D eigenvalue weighted by Crippen LogP contribution is 2.05. The Morgan fingerprint density at radius 3 is 2.62 bits per heavy atom. The predicted octanol–water partition coefficient (Wildman–Crippen LogP) is 2.59. The second-order valence-corrected chi connectivity index (χ2v) is 6.04. The zero-order valence-electron chi connectivity index (χ0n) is 13.5. The molecule has 2 aromatic rings. The largest absolute Gasteiger partial charge is 0.377 e. The highest BCUT2D eigenvalue weighted by atomic mass is 32.1. The van der Waals surface area contributed by atoms with Crippen LogP contribution in [0.3, 0.4) is 0 Å². The third-order valence-corrected chi connectivity index (χ3v) is 4.00. The van der Waals surface area contributed by atoms with E-state index in [0.29, 0.717) is 31.9 Å². The molecule has 0 bridgehead atoms. The fourth-order valence-electron chi connectivity index (χ4n) is 2.04. The Morgan fingerprint density at radius 1 is 1.04 bits per heavy atom. The molecule has 0 atom stereocenters. The van der Waals surface area contributed by atoms with Crippen LogP contribution in [0.25, 0.3) is 0 Å². The van der Waals surface area contributed by atoms with E-state index in [1.54, 1.807) is 11.4 Å². The van der Waals surface area contributed by atoms with E-state index < -0.39 is 0 Å². The summed E-state index contributed by atoms with van der Waals surface area (Å²) < 4.78 is 5.55. The van der Waals surface area contributed by atoms with Crippen LogP contribution in [0.2, 0.25) is 0 Å². The van der Waals surface area contributed by atoms with Gasteiger partial charge in [0.1, 0.15) is 0 Å². The smallest absolute Gasteiger partial charge is 0.252 e. The van der Waals surface area contributed by atoms with E-state index in [2.05, 4.69) is 10.6 Å². The van der Waals surface area contributed by atoms with Gasteiger partial charge < -0.3 is 15.4 Å². The van der Waals surface area contributed by atoms with Gasteiger partial charge in [-0.3, -0.25) is 9.59 Å². The monoisotopic (exact) mass is 346 g/mol. The van der Waals surface area contributed by atoms with E-state index in [1.807, 2.05) is 35.7 Å². The average Bonchev–Trinajstić information content (AvgIpc) is 3.13. The molecule has 0 aliphatic heterocycles. The Hall–Kier alpha value is -2.18. The van der Waals surface area contributed by atoms with Gasteiger partial charge in [0.05, 0.1) is 6.61 Å². The highest BCUT2D eigenvalue weighted by Gasteiger charge is 2.06. The number of carbonyl (C=O) groups excluding carboxylic acids is 2. The van der Waals surface area contributed by atoms with Crippen molar-refractivity contribution in [3.8, 4) is 0 Å². The Kier molecular flexibility index (Phi) is 8.00. The molecule has 0 spiro atoms. The van der Waals surface area contributed by atoms with Crippen LogP contribution >= 0.6 is 11.3 Å². The summed E-state index contributed by atoms with van der Waals surface area (Å²) in [5.41, 5.74) is 1.78. The van der Waals surface area contributed by atoms with E-state index in [1.165, 1.54) is 11.3 Å². The van der Waals surface area contributed by atoms with Crippen molar-refractivity contribution >= 4 is 23.2 Å². The molecule has 0 unspecified atom stereocenters. The molecule has 2 amide bonds. The van der Waals surface area contributed by atoms with Crippen LogP contribution in [-0.2, 0) is 16.1 Å². The second kappa shape index (κ2) is 10.6. The second-order valence-electron chi connectivity index (χ2n) is 5.26. The molecule has 0 saturated carbocycles. The lowest BCUT2D eigenvalue weighted by molar-refractivity contribution is -0.121. The van der Waals surface area contributed by atoms with Gasteiger partial charge in [0.25, 0.3) is 5.91 Å². The minimum atomic E-state index is -0.140. The SMILES string of the molecule is O=C(CCNC(=O)c1ccsc1)NCCCOCc1ccccc1. The summed E-state index contributed by atoms with van der Waals surface area (Å²) in [5, 5.41) is 9.18. The van der Waals surface area contributed by atoms with Gasteiger partial charge in [-0.05, 0) is 23.4 Å². The fraction of sp³-hybridized carbons (Fsp3) is 0.333. The van der Waals surface area contributed by atoms with Crippen LogP contribution in [-0.4, -0.2) is 31.5 Å². The van der Waals surface area contributed by atoms with Crippen LogP contribution in [0.15, 0.2) is 47.2 Å². The lowest BCUT2D eigenvalue weighted by Gasteiger charge is -2.07. The van der Waals surface area contributed by atoms with E-state index in [-0.39, 0.29) is 18.2 Å². The number of hydrogen-bond acceptors (Lipinski definition) is 4. The van der Waals surface area contributed by atoms with Gasteiger partial charge in [-0.15, -0.1) is 0 Å². The van der Waals surface area contributed by atoms with Gasteiger partial charge in [-0.2, -0.15) is 11.3 Å². The van der Waals surface area contributed by atoms with Crippen molar-refractivity contribution in [3.05, 3.63) is 58.3 Å². The fourth-order valence-corrected chi connectivity index (χ4v) is 2.68. The minimum absolute atomic E-state index is 0.0660. The van der Waals surface area contributed by atoms with Crippen LogP contribution in [0.1, 0.15) is 28.8 Å². The summed E-state index contributed by atoms with van der Waals surface area (Å²) in [7, 11) is 0. The van der Waals surface area contributed by atoms with Crippen molar-refractivity contribution in [2.75, 3.05) is 19.7 Å². The van der Waals surface area contributed by atoms with Crippen molar-refractivity contribution in [2.24, 2.45) is 0 Å². The van der Waals surface area contributed by atoms with Crippen LogP contribution in [0.5, 0.6) is 0 Å². The summed E-state index contributed by atoms with van der Waals surface area (Å²) in [4.78, 5) is 23.3. The first kappa shape index (κ1) is 18.2. The van der Waals surface area contributed by atoms with Gasteiger partial charge in [0, 0.05) is 37.1 Å². The molecule has 2 N–H and O–H groups in total. The average molecular weight is 346 g/mol. The zero-order valence-corrected chi connectivity index (χ0v) is 14.3. The van der Waals surface area contributed by atoms with Crippen LogP contribution in [0, 0.1) is 0 Å². The third-order valence-electron chi connectivity index (χ3n) is 3.32. The maximum absolute atomic E-state index is 11.7. The van der Waals surface area contributed by atoms with E-state index in [4.69, 9.17) is 4.74 Å². The summed E-state index contributed by atoms with van der Waals surface area (Å²) in [6, 6.07) is 11.7. The van der Waals surface area contributed by atoms with Gasteiger partial charge in [0.2, 0.25) is 5.91 Å². The van der Waals surface area contributed by atoms with Crippen molar-refractivity contribution in [1.82, 2.24) is 10.6 Å². The molecule has 0 saturated heterocycles. The molecule has 0 radical (unpaired) electrons. The molecule has 24 heavy (non-hydrogen) atoms. The zero-order chi connectivity index (χ0) is 17.0. The summed E-state index contributed by atoms with van der Waals surface area (Å²) >= 11 is 1.47. The predicted molar refractivity (Wildman–Crippen MR) is 95.0 cm³/mol. The number of amides is 2. The van der Waals surface area contributed by atoms with Crippen molar-refractivity contribution in [3.63, 3.8) is 0 Å². The topological polar surface area (TPSA) is 67.4 Å². The van der Waals surface area contributed by atoms with Crippen LogP contribution < -0.4 is 10.6 Å². The highest BCUT2D eigenvalue weighted by molar-refractivity contribution is 7.08. The molecule has 1 heterocycles. The Bertz CT molecular complexity index is 614. The van der Waals surface area contributed by atoms with Crippen molar-refractivity contribution in [2.45, 2.75) is 19.4 Å². The lowest BCUT2D eigenvalue weighted by atomic mass is 10.2. The first-order valence-corrected chi connectivity index (χ1v) is 8.89. The quantitative estimate of drug-likeness (QED) is 0.650. The molecule has 6 heteroatoms. The molecule has 128 valence electrons. The number of thiophene rings is 1. The molecular weight excluding hydrogens is 324 g/mol. The molecule has 2 rings (SSSR count). The molecule has 1 aromatic heterocycles. The number of rotatable bonds is 10. The molecular formula is C18H22N2O3S. The van der Waals surface area contributed by atoms with Gasteiger partial charge in [-0.1, -0.05) is 30.3 Å².